The van der Waals surface area contributed by atoms with E-state index in [0.717, 1.165) is 16.4 Å². The molecule has 0 aliphatic rings. The Bertz CT molecular complexity index is 1230. The molecule has 0 aromatic carbocycles. The monoisotopic (exact) mass is 490 g/mol. The standard InChI is InChI=1S/C19H19ClN8O2S2/c1-26(17(29)13-10-22-27(2)16(13)28-7-3-4-8-28)11-15-23-19(32-25-15)24-18(30)21-9-12-5-6-14(20)31-12/h3-8,10H,9,11H2,1-2H3,(H2,21,23,24,25,30). The highest BCUT2D eigenvalue weighted by atomic mass is 35.5. The van der Waals surface area contributed by atoms with Crippen LogP contribution in [-0.4, -0.2) is 47.6 Å². The molecule has 0 atom stereocenters. The lowest BCUT2D eigenvalue weighted by Gasteiger charge is -2.16. The minimum Gasteiger partial charge on any atom is -0.334 e. The van der Waals surface area contributed by atoms with E-state index >= 15 is 0 Å². The van der Waals surface area contributed by atoms with Gasteiger partial charge in [-0.1, -0.05) is 11.6 Å². The molecule has 0 fully saturated rings. The molecule has 4 aromatic heterocycles. The Morgan fingerprint density at radius 1 is 1.25 bits per heavy atom. The summed E-state index contributed by atoms with van der Waals surface area (Å²) in [7, 11) is 3.45. The Hall–Kier alpha value is -3.22. The molecule has 0 spiro atoms. The first-order valence-electron chi connectivity index (χ1n) is 9.43. The third kappa shape index (κ3) is 4.98. The lowest BCUT2D eigenvalue weighted by molar-refractivity contribution is 0.0782. The molecule has 0 saturated carbocycles. The number of carbonyl (C=O) groups excluding carboxylic acids is 2. The first kappa shape index (κ1) is 22.0. The average Bonchev–Trinajstić information content (AvgIpc) is 3.54. The van der Waals surface area contributed by atoms with Crippen LogP contribution in [0.15, 0.2) is 42.9 Å². The van der Waals surface area contributed by atoms with E-state index < -0.39 is 6.03 Å². The number of urea groups is 1. The summed E-state index contributed by atoms with van der Waals surface area (Å²) in [6, 6.07) is 7.00. The molecular formula is C19H19ClN8O2S2. The molecule has 4 aromatic rings. The molecule has 0 aliphatic heterocycles. The third-order valence-electron chi connectivity index (χ3n) is 4.45. The maximum atomic E-state index is 13.0. The van der Waals surface area contributed by atoms with Gasteiger partial charge in [-0.3, -0.25) is 14.8 Å². The molecule has 32 heavy (non-hydrogen) atoms. The Labute approximate surface area is 196 Å². The van der Waals surface area contributed by atoms with Gasteiger partial charge in [-0.05, 0) is 24.3 Å². The number of aromatic nitrogens is 5. The third-order valence-corrected chi connectivity index (χ3v) is 6.35. The number of halogens is 1. The number of nitrogens with zero attached hydrogens (tertiary/aromatic N) is 6. The first-order valence-corrected chi connectivity index (χ1v) is 11.4. The van der Waals surface area contributed by atoms with Crippen molar-refractivity contribution in [3.05, 3.63) is 63.5 Å². The van der Waals surface area contributed by atoms with Crippen molar-refractivity contribution in [3.8, 4) is 5.82 Å². The number of rotatable bonds is 7. The van der Waals surface area contributed by atoms with E-state index in [-0.39, 0.29) is 12.5 Å². The van der Waals surface area contributed by atoms with Crippen LogP contribution in [0.1, 0.15) is 21.1 Å². The highest BCUT2D eigenvalue weighted by Crippen LogP contribution is 2.21. The maximum absolute atomic E-state index is 13.0. The zero-order chi connectivity index (χ0) is 22.7. The highest BCUT2D eigenvalue weighted by Gasteiger charge is 2.22. The summed E-state index contributed by atoms with van der Waals surface area (Å²) in [6.45, 7) is 0.549. The summed E-state index contributed by atoms with van der Waals surface area (Å²) in [5.74, 6) is 0.889. The highest BCUT2D eigenvalue weighted by molar-refractivity contribution is 7.16. The Kier molecular flexibility index (Phi) is 6.53. The number of hydrogen-bond acceptors (Lipinski definition) is 7. The van der Waals surface area contributed by atoms with Crippen LogP contribution >= 0.6 is 34.5 Å². The summed E-state index contributed by atoms with van der Waals surface area (Å²) in [5.41, 5.74) is 0.466. The van der Waals surface area contributed by atoms with E-state index in [9.17, 15) is 9.59 Å². The number of thiophene rings is 1. The lowest BCUT2D eigenvalue weighted by atomic mass is 10.2. The van der Waals surface area contributed by atoms with Crippen molar-refractivity contribution >= 4 is 51.5 Å². The molecule has 13 heteroatoms. The van der Waals surface area contributed by atoms with Crippen LogP contribution in [0.25, 0.3) is 5.82 Å². The van der Waals surface area contributed by atoms with Crippen molar-refractivity contribution in [1.82, 2.24) is 33.9 Å². The van der Waals surface area contributed by atoms with Gasteiger partial charge in [0.1, 0.15) is 11.4 Å². The summed E-state index contributed by atoms with van der Waals surface area (Å²) < 4.78 is 8.38. The van der Waals surface area contributed by atoms with Gasteiger partial charge < -0.3 is 14.8 Å². The number of aryl methyl sites for hydroxylation is 1. The number of anilines is 1. The predicted octanol–water partition coefficient (Wildman–Crippen LogP) is 3.37. The zero-order valence-corrected chi connectivity index (χ0v) is 19.5. The van der Waals surface area contributed by atoms with E-state index in [1.807, 2.05) is 35.2 Å². The second kappa shape index (κ2) is 9.51. The fourth-order valence-corrected chi connectivity index (χ4v) is 4.58. The molecule has 0 saturated heterocycles. The fourth-order valence-electron chi connectivity index (χ4n) is 2.98. The summed E-state index contributed by atoms with van der Waals surface area (Å²) in [5, 5.41) is 9.95. The molecule has 4 rings (SSSR count). The van der Waals surface area contributed by atoms with Crippen LogP contribution in [0.5, 0.6) is 0 Å². The minimum atomic E-state index is -0.395. The Morgan fingerprint density at radius 2 is 2.03 bits per heavy atom. The van der Waals surface area contributed by atoms with Gasteiger partial charge in [-0.15, -0.1) is 11.3 Å². The number of hydrogen-bond donors (Lipinski definition) is 2. The zero-order valence-electron chi connectivity index (χ0n) is 17.1. The van der Waals surface area contributed by atoms with Crippen molar-refractivity contribution < 1.29 is 9.59 Å². The Balaban J connectivity index is 1.35. The molecule has 4 heterocycles. The molecule has 166 valence electrons. The molecular weight excluding hydrogens is 472 g/mol. The van der Waals surface area contributed by atoms with Crippen LogP contribution in [0, 0.1) is 0 Å². The largest absolute Gasteiger partial charge is 0.334 e. The predicted molar refractivity (Wildman–Crippen MR) is 123 cm³/mol. The quantitative estimate of drug-likeness (QED) is 0.412. The molecule has 0 unspecified atom stereocenters. The van der Waals surface area contributed by atoms with Gasteiger partial charge in [0.2, 0.25) is 5.13 Å². The minimum absolute atomic E-state index is 0.187. The topological polar surface area (TPSA) is 110 Å². The van der Waals surface area contributed by atoms with Crippen molar-refractivity contribution in [2.45, 2.75) is 13.1 Å². The van der Waals surface area contributed by atoms with E-state index in [1.54, 1.807) is 31.0 Å². The summed E-state index contributed by atoms with van der Waals surface area (Å²) in [6.07, 6.45) is 5.25. The van der Waals surface area contributed by atoms with Crippen LogP contribution in [0.2, 0.25) is 4.34 Å². The lowest BCUT2D eigenvalue weighted by Crippen LogP contribution is -2.28. The van der Waals surface area contributed by atoms with Crippen molar-refractivity contribution in [3.63, 3.8) is 0 Å². The van der Waals surface area contributed by atoms with Crippen LogP contribution < -0.4 is 10.6 Å². The van der Waals surface area contributed by atoms with Crippen LogP contribution in [-0.2, 0) is 20.1 Å². The second-order valence-electron chi connectivity index (χ2n) is 6.79. The van der Waals surface area contributed by atoms with Crippen molar-refractivity contribution in [1.29, 1.82) is 0 Å². The average molecular weight is 491 g/mol. The summed E-state index contributed by atoms with van der Waals surface area (Å²) in [4.78, 5) is 31.8. The van der Waals surface area contributed by atoms with E-state index in [4.69, 9.17) is 11.6 Å². The number of nitrogens with one attached hydrogen (secondary N) is 2. The molecule has 10 nitrogen and oxygen atoms in total. The summed E-state index contributed by atoms with van der Waals surface area (Å²) >= 11 is 8.34. The number of carbonyl (C=O) groups is 2. The van der Waals surface area contributed by atoms with Gasteiger partial charge in [-0.25, -0.2) is 9.78 Å². The molecule has 0 bridgehead atoms. The first-order chi connectivity index (χ1) is 15.4. The van der Waals surface area contributed by atoms with Gasteiger partial charge in [0.25, 0.3) is 5.91 Å². The van der Waals surface area contributed by atoms with Gasteiger partial charge in [0, 0.05) is 42.9 Å². The van der Waals surface area contributed by atoms with Crippen LogP contribution in [0.4, 0.5) is 9.93 Å². The maximum Gasteiger partial charge on any atom is 0.321 e. The van der Waals surface area contributed by atoms with Gasteiger partial charge >= 0.3 is 6.03 Å². The van der Waals surface area contributed by atoms with Crippen LogP contribution in [0.3, 0.4) is 0 Å². The van der Waals surface area contributed by atoms with Gasteiger partial charge in [0.05, 0.1) is 23.6 Å². The SMILES string of the molecule is CN(Cc1nsc(NC(=O)NCc2ccc(Cl)s2)n1)C(=O)c1cnn(C)c1-n1cccc1. The normalized spacial score (nSPS) is 10.8. The molecule has 0 aliphatic carbocycles. The number of amides is 3. The van der Waals surface area contributed by atoms with Crippen molar-refractivity contribution in [2.24, 2.45) is 7.05 Å². The molecule has 2 N–H and O–H groups in total. The van der Waals surface area contributed by atoms with E-state index in [1.165, 1.54) is 16.2 Å². The van der Waals surface area contributed by atoms with E-state index in [2.05, 4.69) is 25.1 Å². The van der Waals surface area contributed by atoms with E-state index in [0.29, 0.717) is 33.2 Å². The van der Waals surface area contributed by atoms with Gasteiger partial charge in [-0.2, -0.15) is 9.47 Å². The van der Waals surface area contributed by atoms with Crippen molar-refractivity contribution in [2.75, 3.05) is 12.4 Å². The second-order valence-corrected chi connectivity index (χ2v) is 9.34. The smallest absolute Gasteiger partial charge is 0.321 e. The van der Waals surface area contributed by atoms with Gasteiger partial charge in [0.15, 0.2) is 5.82 Å². The Morgan fingerprint density at radius 3 is 2.75 bits per heavy atom. The molecule has 0 radical (unpaired) electrons. The fraction of sp³-hybridized carbons (Fsp3) is 0.211. The molecule has 3 amide bonds.